The van der Waals surface area contributed by atoms with Gasteiger partial charge in [-0.1, -0.05) is 13.8 Å². The maximum Gasteiger partial charge on any atom is 0.151 e. The summed E-state index contributed by atoms with van der Waals surface area (Å²) in [4.78, 5) is 0. The van der Waals surface area contributed by atoms with Crippen molar-refractivity contribution in [1.29, 1.82) is 0 Å². The molecule has 0 amide bonds. The van der Waals surface area contributed by atoms with Crippen LogP contribution in [0.2, 0.25) is 0 Å². The maximum atomic E-state index is 13.6. The minimum Gasteiger partial charge on any atom is -0.271 e. The lowest BCUT2D eigenvalue weighted by Crippen LogP contribution is -1.99. The van der Waals surface area contributed by atoms with Gasteiger partial charge >= 0.3 is 0 Å². The standard InChI is InChI=1S/C12H15FN2/c1-7(2)12-9-5-8(3)6-10(13)11(9)14-15(12)4/h5-7H,1-4H3. The van der Waals surface area contributed by atoms with Crippen LogP contribution in [0.4, 0.5) is 4.39 Å². The molecule has 0 aliphatic carbocycles. The van der Waals surface area contributed by atoms with Crippen LogP contribution in [0.1, 0.15) is 31.0 Å². The van der Waals surface area contributed by atoms with Crippen LogP contribution < -0.4 is 0 Å². The highest BCUT2D eigenvalue weighted by molar-refractivity contribution is 5.83. The summed E-state index contributed by atoms with van der Waals surface area (Å²) in [7, 11) is 1.87. The number of rotatable bonds is 1. The zero-order chi connectivity index (χ0) is 11.2. The topological polar surface area (TPSA) is 17.8 Å². The molecule has 1 heterocycles. The van der Waals surface area contributed by atoms with E-state index in [-0.39, 0.29) is 5.82 Å². The molecule has 0 N–H and O–H groups in total. The maximum absolute atomic E-state index is 13.6. The molecule has 2 aromatic rings. The van der Waals surface area contributed by atoms with Crippen LogP contribution in [0.3, 0.4) is 0 Å². The molecule has 0 aliphatic heterocycles. The molecule has 0 spiro atoms. The molecule has 0 saturated heterocycles. The number of aryl methyl sites for hydroxylation is 2. The molecule has 15 heavy (non-hydrogen) atoms. The number of nitrogens with zero attached hydrogens (tertiary/aromatic N) is 2. The Hall–Kier alpha value is -1.38. The van der Waals surface area contributed by atoms with E-state index in [0.29, 0.717) is 11.4 Å². The molecular formula is C12H15FN2. The predicted octanol–water partition coefficient (Wildman–Crippen LogP) is 3.14. The molecule has 2 rings (SSSR count). The molecule has 3 heteroatoms. The van der Waals surface area contributed by atoms with Gasteiger partial charge < -0.3 is 0 Å². The third-order valence-electron chi connectivity index (χ3n) is 2.63. The van der Waals surface area contributed by atoms with Crippen molar-refractivity contribution in [3.8, 4) is 0 Å². The second kappa shape index (κ2) is 3.33. The van der Waals surface area contributed by atoms with Gasteiger partial charge in [0.15, 0.2) is 5.82 Å². The average molecular weight is 206 g/mol. The van der Waals surface area contributed by atoms with Crippen molar-refractivity contribution in [2.24, 2.45) is 7.05 Å². The van der Waals surface area contributed by atoms with Gasteiger partial charge in [0.05, 0.1) is 0 Å². The fourth-order valence-electron chi connectivity index (χ4n) is 2.09. The normalized spacial score (nSPS) is 11.6. The van der Waals surface area contributed by atoms with Crippen LogP contribution in [0.15, 0.2) is 12.1 Å². The van der Waals surface area contributed by atoms with Gasteiger partial charge in [-0.25, -0.2) is 4.39 Å². The molecule has 0 unspecified atom stereocenters. The Labute approximate surface area is 88.7 Å². The van der Waals surface area contributed by atoms with Crippen molar-refractivity contribution in [1.82, 2.24) is 9.78 Å². The Morgan fingerprint density at radius 3 is 2.60 bits per heavy atom. The lowest BCUT2D eigenvalue weighted by Gasteiger charge is -2.05. The first-order valence-electron chi connectivity index (χ1n) is 5.13. The van der Waals surface area contributed by atoms with E-state index < -0.39 is 0 Å². The quantitative estimate of drug-likeness (QED) is 0.700. The Morgan fingerprint density at radius 1 is 1.33 bits per heavy atom. The van der Waals surface area contributed by atoms with Gasteiger partial charge in [-0.3, -0.25) is 4.68 Å². The first kappa shape index (κ1) is 10.1. The van der Waals surface area contributed by atoms with Crippen LogP contribution in [-0.2, 0) is 7.05 Å². The summed E-state index contributed by atoms with van der Waals surface area (Å²) in [6, 6.07) is 3.53. The smallest absolute Gasteiger partial charge is 0.151 e. The monoisotopic (exact) mass is 206 g/mol. The molecule has 1 aromatic heterocycles. The van der Waals surface area contributed by atoms with E-state index in [4.69, 9.17) is 0 Å². The van der Waals surface area contributed by atoms with E-state index in [1.165, 1.54) is 6.07 Å². The highest BCUT2D eigenvalue weighted by Gasteiger charge is 2.15. The van der Waals surface area contributed by atoms with Crippen LogP contribution in [0, 0.1) is 12.7 Å². The van der Waals surface area contributed by atoms with Crippen molar-refractivity contribution in [2.75, 3.05) is 0 Å². The number of fused-ring (bicyclic) bond motifs is 1. The summed E-state index contributed by atoms with van der Waals surface area (Å²) >= 11 is 0. The molecule has 0 saturated carbocycles. The van der Waals surface area contributed by atoms with Gasteiger partial charge in [-0.15, -0.1) is 0 Å². The van der Waals surface area contributed by atoms with E-state index in [9.17, 15) is 4.39 Å². The van der Waals surface area contributed by atoms with Gasteiger partial charge in [-0.2, -0.15) is 5.10 Å². The Morgan fingerprint density at radius 2 is 2.00 bits per heavy atom. The third-order valence-corrected chi connectivity index (χ3v) is 2.63. The van der Waals surface area contributed by atoms with Gasteiger partial charge in [0.2, 0.25) is 0 Å². The van der Waals surface area contributed by atoms with E-state index in [1.807, 2.05) is 20.0 Å². The van der Waals surface area contributed by atoms with E-state index in [1.54, 1.807) is 4.68 Å². The van der Waals surface area contributed by atoms with Crippen molar-refractivity contribution in [3.05, 3.63) is 29.2 Å². The van der Waals surface area contributed by atoms with Gasteiger partial charge in [0, 0.05) is 18.1 Å². The lowest BCUT2D eigenvalue weighted by molar-refractivity contribution is 0.627. The van der Waals surface area contributed by atoms with Gasteiger partial charge in [-0.05, 0) is 30.5 Å². The summed E-state index contributed by atoms with van der Waals surface area (Å²) in [6.07, 6.45) is 0. The molecule has 0 radical (unpaired) electrons. The fourth-order valence-corrected chi connectivity index (χ4v) is 2.09. The number of benzene rings is 1. The number of hydrogen-bond donors (Lipinski definition) is 0. The SMILES string of the molecule is Cc1cc(F)c2nn(C)c(C(C)C)c2c1. The van der Waals surface area contributed by atoms with Gasteiger partial charge in [0.1, 0.15) is 5.52 Å². The summed E-state index contributed by atoms with van der Waals surface area (Å²) in [5.74, 6) is 0.119. The van der Waals surface area contributed by atoms with Crippen molar-refractivity contribution >= 4 is 10.9 Å². The van der Waals surface area contributed by atoms with E-state index >= 15 is 0 Å². The molecule has 2 nitrogen and oxygen atoms in total. The Balaban J connectivity index is 2.86. The summed E-state index contributed by atoms with van der Waals surface area (Å²) in [6.45, 7) is 6.09. The van der Waals surface area contributed by atoms with Crippen molar-refractivity contribution in [2.45, 2.75) is 26.7 Å². The fraction of sp³-hybridized carbons (Fsp3) is 0.417. The highest BCUT2D eigenvalue weighted by atomic mass is 19.1. The van der Waals surface area contributed by atoms with Gasteiger partial charge in [0.25, 0.3) is 0 Å². The molecule has 0 bridgehead atoms. The molecule has 1 aromatic carbocycles. The molecular weight excluding hydrogens is 191 g/mol. The lowest BCUT2D eigenvalue weighted by atomic mass is 10.0. The van der Waals surface area contributed by atoms with Crippen LogP contribution >= 0.6 is 0 Å². The van der Waals surface area contributed by atoms with E-state index in [2.05, 4.69) is 18.9 Å². The second-order valence-electron chi connectivity index (χ2n) is 4.31. The minimum atomic E-state index is -0.229. The molecule has 0 fully saturated rings. The zero-order valence-electron chi connectivity index (χ0n) is 9.50. The van der Waals surface area contributed by atoms with E-state index in [0.717, 1.165) is 16.6 Å². The van der Waals surface area contributed by atoms with Crippen LogP contribution in [0.25, 0.3) is 10.9 Å². The second-order valence-corrected chi connectivity index (χ2v) is 4.31. The number of aromatic nitrogens is 2. The number of halogens is 1. The molecule has 80 valence electrons. The molecule has 0 atom stereocenters. The zero-order valence-corrected chi connectivity index (χ0v) is 9.50. The van der Waals surface area contributed by atoms with Crippen molar-refractivity contribution < 1.29 is 4.39 Å². The van der Waals surface area contributed by atoms with Crippen molar-refractivity contribution in [3.63, 3.8) is 0 Å². The summed E-state index contributed by atoms with van der Waals surface area (Å²) in [5, 5.41) is 5.15. The Kier molecular flexibility index (Phi) is 2.25. The average Bonchev–Trinajstić information content (AvgIpc) is 2.41. The first-order valence-corrected chi connectivity index (χ1v) is 5.13. The van der Waals surface area contributed by atoms with Crippen LogP contribution in [0.5, 0.6) is 0 Å². The highest BCUT2D eigenvalue weighted by Crippen LogP contribution is 2.27. The van der Waals surface area contributed by atoms with Crippen LogP contribution in [-0.4, -0.2) is 9.78 Å². The summed E-state index contributed by atoms with van der Waals surface area (Å²) < 4.78 is 15.4. The largest absolute Gasteiger partial charge is 0.271 e. The Bertz CT molecular complexity index is 512. The third kappa shape index (κ3) is 1.52. The summed E-state index contributed by atoms with van der Waals surface area (Å²) in [5.41, 5.74) is 2.51. The minimum absolute atomic E-state index is 0.229. The number of hydrogen-bond acceptors (Lipinski definition) is 1. The predicted molar refractivity (Wildman–Crippen MR) is 59.5 cm³/mol. The molecule has 0 aliphatic rings. The first-order chi connectivity index (χ1) is 7.00.